The molecule has 0 aliphatic carbocycles. The highest BCUT2D eigenvalue weighted by molar-refractivity contribution is 5.99. The van der Waals surface area contributed by atoms with Crippen molar-refractivity contribution in [3.05, 3.63) is 64.7 Å². The van der Waals surface area contributed by atoms with E-state index in [0.29, 0.717) is 50.1 Å². The molecular weight excluding hydrogens is 444 g/mol. The van der Waals surface area contributed by atoms with Gasteiger partial charge < -0.3 is 20.3 Å². The number of carbonyl (C=O) groups is 3. The lowest BCUT2D eigenvalue weighted by molar-refractivity contribution is -0.147. The number of nitrogen functional groups attached to an aromatic ring is 1. The number of carbonyl (C=O) groups excluding carboxylic acids is 3. The van der Waals surface area contributed by atoms with Crippen molar-refractivity contribution in [2.24, 2.45) is 5.73 Å². The van der Waals surface area contributed by atoms with Crippen molar-refractivity contribution in [3.8, 4) is 0 Å². The van der Waals surface area contributed by atoms with Crippen molar-refractivity contribution in [1.29, 1.82) is 5.41 Å². The van der Waals surface area contributed by atoms with Crippen molar-refractivity contribution in [1.82, 2.24) is 4.90 Å². The van der Waals surface area contributed by atoms with Crippen LogP contribution in [0.3, 0.4) is 0 Å². The molecule has 2 amide bonds. The summed E-state index contributed by atoms with van der Waals surface area (Å²) in [6.07, 6.45) is 4.00. The number of nitrogens with two attached hydrogens (primary N) is 1. The minimum Gasteiger partial charge on any atom is -0.464 e. The van der Waals surface area contributed by atoms with Gasteiger partial charge in [0.15, 0.2) is 0 Å². The van der Waals surface area contributed by atoms with Crippen molar-refractivity contribution in [2.75, 3.05) is 24.6 Å². The third-order valence-electron chi connectivity index (χ3n) is 6.71. The molecule has 0 spiro atoms. The second-order valence-electron chi connectivity index (χ2n) is 9.01. The zero-order valence-corrected chi connectivity index (χ0v) is 20.1. The number of benzene rings is 2. The molecule has 184 valence electrons. The minimum atomic E-state index is -0.527. The molecule has 1 saturated heterocycles. The van der Waals surface area contributed by atoms with E-state index < -0.39 is 6.04 Å². The zero-order chi connectivity index (χ0) is 24.9. The van der Waals surface area contributed by atoms with Crippen LogP contribution in [0.4, 0.5) is 5.69 Å². The molecule has 35 heavy (non-hydrogen) atoms. The molecule has 2 aliphatic rings. The van der Waals surface area contributed by atoms with E-state index in [0.717, 1.165) is 36.1 Å². The minimum absolute atomic E-state index is 0.0246. The number of rotatable bonds is 7. The summed E-state index contributed by atoms with van der Waals surface area (Å²) in [4.78, 5) is 42.0. The van der Waals surface area contributed by atoms with E-state index in [1.165, 1.54) is 0 Å². The van der Waals surface area contributed by atoms with Crippen molar-refractivity contribution in [2.45, 2.75) is 51.5 Å². The second-order valence-corrected chi connectivity index (χ2v) is 9.01. The van der Waals surface area contributed by atoms with E-state index in [-0.39, 0.29) is 23.6 Å². The summed E-state index contributed by atoms with van der Waals surface area (Å²) in [7, 11) is 0. The van der Waals surface area contributed by atoms with Crippen LogP contribution in [0.25, 0.3) is 0 Å². The number of hydrogen-bond donors (Lipinski definition) is 2. The fourth-order valence-electron chi connectivity index (χ4n) is 4.89. The monoisotopic (exact) mass is 476 g/mol. The number of nitrogens with zero attached hydrogens (tertiary/aromatic N) is 2. The Morgan fingerprint density at radius 3 is 2.51 bits per heavy atom. The summed E-state index contributed by atoms with van der Waals surface area (Å²) in [5.41, 5.74) is 9.56. The van der Waals surface area contributed by atoms with E-state index in [1.807, 2.05) is 29.2 Å². The molecule has 2 aromatic rings. The van der Waals surface area contributed by atoms with Crippen LogP contribution in [0.1, 0.15) is 59.7 Å². The highest BCUT2D eigenvalue weighted by Gasteiger charge is 2.36. The van der Waals surface area contributed by atoms with Crippen LogP contribution >= 0.6 is 0 Å². The Labute approximate surface area is 205 Å². The first kappa shape index (κ1) is 24.4. The third kappa shape index (κ3) is 5.37. The van der Waals surface area contributed by atoms with Gasteiger partial charge in [-0.15, -0.1) is 0 Å². The summed E-state index contributed by atoms with van der Waals surface area (Å²) >= 11 is 0. The number of fused-ring (bicyclic) bond motifs is 1. The molecule has 2 heterocycles. The number of amidine groups is 1. The van der Waals surface area contributed by atoms with Crippen LogP contribution in [0.2, 0.25) is 0 Å². The molecule has 2 aromatic carbocycles. The van der Waals surface area contributed by atoms with Crippen LogP contribution < -0.4 is 10.6 Å². The molecule has 1 unspecified atom stereocenters. The van der Waals surface area contributed by atoms with Crippen LogP contribution in [0, 0.1) is 5.41 Å². The van der Waals surface area contributed by atoms with Gasteiger partial charge in [0.2, 0.25) is 5.91 Å². The molecule has 4 rings (SSSR count). The zero-order valence-electron chi connectivity index (χ0n) is 20.1. The maximum Gasteiger partial charge on any atom is 0.328 e. The summed E-state index contributed by atoms with van der Waals surface area (Å²) in [5, 5.41) is 7.49. The van der Waals surface area contributed by atoms with Crippen molar-refractivity contribution < 1.29 is 19.1 Å². The maximum atomic E-state index is 13.2. The predicted octanol–water partition coefficient (Wildman–Crippen LogP) is 3.05. The summed E-state index contributed by atoms with van der Waals surface area (Å²) in [6.45, 7) is 3.25. The van der Waals surface area contributed by atoms with Gasteiger partial charge in [-0.05, 0) is 68.4 Å². The lowest BCUT2D eigenvalue weighted by atomic mass is 9.97. The number of amides is 2. The number of likely N-dealkylation sites (tertiary alicyclic amines) is 1. The van der Waals surface area contributed by atoms with Gasteiger partial charge in [-0.3, -0.25) is 15.0 Å². The Morgan fingerprint density at radius 2 is 1.80 bits per heavy atom. The molecule has 0 radical (unpaired) electrons. The number of hydrogen-bond acceptors (Lipinski definition) is 5. The number of anilines is 1. The molecule has 3 N–H and O–H groups in total. The molecule has 0 saturated carbocycles. The number of aryl methyl sites for hydroxylation is 2. The fourth-order valence-corrected chi connectivity index (χ4v) is 4.89. The first-order chi connectivity index (χ1) is 16.9. The molecule has 8 heteroatoms. The first-order valence-electron chi connectivity index (χ1n) is 12.2. The van der Waals surface area contributed by atoms with E-state index in [1.54, 1.807) is 30.0 Å². The van der Waals surface area contributed by atoms with E-state index in [4.69, 9.17) is 15.9 Å². The molecule has 1 fully saturated rings. The quantitative estimate of drug-likeness (QED) is 0.362. The van der Waals surface area contributed by atoms with Gasteiger partial charge in [-0.1, -0.05) is 24.3 Å². The summed E-state index contributed by atoms with van der Waals surface area (Å²) < 4.78 is 5.15. The maximum absolute atomic E-state index is 13.2. The summed E-state index contributed by atoms with van der Waals surface area (Å²) in [5.74, 6) is -0.441. The Kier molecular flexibility index (Phi) is 7.48. The molecule has 0 bridgehead atoms. The van der Waals surface area contributed by atoms with E-state index in [9.17, 15) is 14.4 Å². The molecular formula is C27H32N4O4. The Morgan fingerprint density at radius 1 is 1.06 bits per heavy atom. The topological polar surface area (TPSA) is 117 Å². The van der Waals surface area contributed by atoms with Crippen molar-refractivity contribution in [3.63, 3.8) is 0 Å². The van der Waals surface area contributed by atoms with E-state index in [2.05, 4.69) is 0 Å². The molecule has 8 nitrogen and oxygen atoms in total. The van der Waals surface area contributed by atoms with Crippen LogP contribution in [-0.4, -0.2) is 54.3 Å². The molecule has 2 aliphatic heterocycles. The van der Waals surface area contributed by atoms with Gasteiger partial charge in [0.25, 0.3) is 5.91 Å². The largest absolute Gasteiger partial charge is 0.464 e. The van der Waals surface area contributed by atoms with Gasteiger partial charge in [-0.2, -0.15) is 0 Å². The highest BCUT2D eigenvalue weighted by atomic mass is 16.5. The van der Waals surface area contributed by atoms with Crippen LogP contribution in [0.5, 0.6) is 0 Å². The number of nitrogens with one attached hydrogen (secondary N) is 1. The fraction of sp³-hybridized carbons (Fsp3) is 0.407. The lowest BCUT2D eigenvalue weighted by Crippen LogP contribution is -2.41. The van der Waals surface area contributed by atoms with E-state index >= 15 is 0 Å². The number of esters is 1. The Balaban J connectivity index is 1.44. The normalized spacial score (nSPS) is 17.1. The van der Waals surface area contributed by atoms with Gasteiger partial charge in [0, 0.05) is 36.3 Å². The van der Waals surface area contributed by atoms with Crippen LogP contribution in [-0.2, 0) is 27.2 Å². The average Bonchev–Trinajstić information content (AvgIpc) is 3.36. The Bertz CT molecular complexity index is 1130. The highest BCUT2D eigenvalue weighted by Crippen LogP contribution is 2.30. The Hall–Kier alpha value is -3.68. The number of ether oxygens (including phenoxy) is 1. The van der Waals surface area contributed by atoms with Gasteiger partial charge in [0.05, 0.1) is 6.61 Å². The smallest absolute Gasteiger partial charge is 0.328 e. The average molecular weight is 477 g/mol. The third-order valence-corrected chi connectivity index (χ3v) is 6.71. The van der Waals surface area contributed by atoms with Crippen molar-refractivity contribution >= 4 is 29.3 Å². The molecule has 0 aromatic heterocycles. The molecule has 1 atom stereocenters. The second kappa shape index (κ2) is 10.7. The van der Waals surface area contributed by atoms with Gasteiger partial charge >= 0.3 is 5.97 Å². The SMILES string of the molecule is CCOC(=O)C1CCCN1C(=O)c1ccc2c(c1)CCCN2C(=O)CCc1ccc(C(=N)N)cc1. The predicted molar refractivity (Wildman–Crippen MR) is 134 cm³/mol. The van der Waals surface area contributed by atoms with Gasteiger partial charge in [-0.25, -0.2) is 4.79 Å². The van der Waals surface area contributed by atoms with Gasteiger partial charge in [0.1, 0.15) is 11.9 Å². The standard InChI is InChI=1S/C27H32N4O4/c1-2-35-27(34)23-6-4-16-31(23)26(33)21-12-13-22-20(17-21)5-3-15-30(22)24(32)14-9-18-7-10-19(11-8-18)25(28)29/h7-8,10-13,17,23H,2-6,9,14-16H2,1H3,(H3,28,29). The lowest BCUT2D eigenvalue weighted by Gasteiger charge is -2.30. The first-order valence-corrected chi connectivity index (χ1v) is 12.2. The van der Waals surface area contributed by atoms with Crippen LogP contribution in [0.15, 0.2) is 42.5 Å². The summed E-state index contributed by atoms with van der Waals surface area (Å²) in [6, 6.07) is 12.3.